The Morgan fingerprint density at radius 1 is 1.17 bits per heavy atom. The molecule has 0 aliphatic carbocycles. The van der Waals surface area contributed by atoms with Crippen LogP contribution in [-0.4, -0.2) is 17.7 Å². The van der Waals surface area contributed by atoms with Crippen LogP contribution >= 0.6 is 11.9 Å². The van der Waals surface area contributed by atoms with Crippen molar-refractivity contribution in [1.29, 1.82) is 0 Å². The maximum absolute atomic E-state index is 14.3. The summed E-state index contributed by atoms with van der Waals surface area (Å²) in [7, 11) is 0. The standard InChI is InChI=1S/C18H18F2N2OS/c1-4-18(2)21-17(13-7-5-11(19)9-15(13)20)14-8-6-12(22-24-3)10-16(14)23-18/h5-10,22H,4H2,1-3H3. The van der Waals surface area contributed by atoms with Crippen LogP contribution in [0.25, 0.3) is 0 Å². The molecule has 1 N–H and O–H groups in total. The van der Waals surface area contributed by atoms with Gasteiger partial charge in [-0.2, -0.15) is 0 Å². The molecule has 1 aliphatic heterocycles. The number of hydrogen-bond donors (Lipinski definition) is 1. The minimum atomic E-state index is -0.791. The van der Waals surface area contributed by atoms with Crippen molar-refractivity contribution in [2.75, 3.05) is 11.0 Å². The molecule has 24 heavy (non-hydrogen) atoms. The minimum absolute atomic E-state index is 0.270. The summed E-state index contributed by atoms with van der Waals surface area (Å²) < 4.78 is 36.7. The van der Waals surface area contributed by atoms with Gasteiger partial charge in [-0.3, -0.25) is 0 Å². The predicted molar refractivity (Wildman–Crippen MR) is 94.9 cm³/mol. The number of rotatable bonds is 4. The molecule has 3 rings (SSSR count). The van der Waals surface area contributed by atoms with E-state index >= 15 is 0 Å². The molecule has 1 aliphatic rings. The SMILES string of the molecule is CCC1(C)N=C(c2ccc(F)cc2F)c2ccc(NSC)cc2O1. The molecule has 0 saturated heterocycles. The minimum Gasteiger partial charge on any atom is -0.466 e. The second-order valence-corrected chi connectivity index (χ2v) is 6.34. The summed E-state index contributed by atoms with van der Waals surface area (Å²) in [5, 5.41) is 0. The number of anilines is 1. The third-order valence-corrected chi connectivity index (χ3v) is 4.42. The highest BCUT2D eigenvalue weighted by molar-refractivity contribution is 7.99. The first-order valence-electron chi connectivity index (χ1n) is 7.63. The maximum Gasteiger partial charge on any atom is 0.197 e. The third-order valence-electron chi connectivity index (χ3n) is 3.98. The van der Waals surface area contributed by atoms with Crippen molar-refractivity contribution in [1.82, 2.24) is 0 Å². The van der Waals surface area contributed by atoms with Crippen molar-refractivity contribution < 1.29 is 13.5 Å². The third kappa shape index (κ3) is 3.11. The lowest BCUT2D eigenvalue weighted by Crippen LogP contribution is -2.35. The molecule has 1 atom stereocenters. The van der Waals surface area contributed by atoms with E-state index in [0.717, 1.165) is 11.8 Å². The number of nitrogens with one attached hydrogen (secondary N) is 1. The number of halogens is 2. The average Bonchev–Trinajstić information content (AvgIpc) is 2.54. The largest absolute Gasteiger partial charge is 0.466 e. The quantitative estimate of drug-likeness (QED) is 0.789. The van der Waals surface area contributed by atoms with Gasteiger partial charge < -0.3 is 9.46 Å². The summed E-state index contributed by atoms with van der Waals surface area (Å²) in [6.45, 7) is 3.81. The van der Waals surface area contributed by atoms with Gasteiger partial charge >= 0.3 is 0 Å². The van der Waals surface area contributed by atoms with Gasteiger partial charge in [0.15, 0.2) is 5.72 Å². The van der Waals surface area contributed by atoms with Crippen LogP contribution in [0.1, 0.15) is 31.4 Å². The summed E-state index contributed by atoms with van der Waals surface area (Å²) in [6.07, 6.45) is 2.55. The zero-order chi connectivity index (χ0) is 17.3. The highest BCUT2D eigenvalue weighted by Gasteiger charge is 2.32. The molecule has 2 aromatic carbocycles. The first-order chi connectivity index (χ1) is 11.5. The number of fused-ring (bicyclic) bond motifs is 1. The Kier molecular flexibility index (Phi) is 4.49. The monoisotopic (exact) mass is 348 g/mol. The van der Waals surface area contributed by atoms with E-state index in [-0.39, 0.29) is 5.56 Å². The van der Waals surface area contributed by atoms with Crippen molar-refractivity contribution in [3.63, 3.8) is 0 Å². The lowest BCUT2D eigenvalue weighted by atomic mass is 9.97. The fraction of sp³-hybridized carbons (Fsp3) is 0.278. The fourth-order valence-electron chi connectivity index (χ4n) is 2.58. The van der Waals surface area contributed by atoms with Crippen LogP contribution in [0.3, 0.4) is 0 Å². The van der Waals surface area contributed by atoms with E-state index in [1.54, 1.807) is 0 Å². The van der Waals surface area contributed by atoms with Gasteiger partial charge in [0.1, 0.15) is 17.4 Å². The van der Waals surface area contributed by atoms with E-state index < -0.39 is 17.4 Å². The second kappa shape index (κ2) is 6.43. The number of ether oxygens (including phenoxy) is 1. The zero-order valence-corrected chi connectivity index (χ0v) is 14.5. The molecule has 0 radical (unpaired) electrons. The highest BCUT2D eigenvalue weighted by atomic mass is 32.2. The van der Waals surface area contributed by atoms with Crippen LogP contribution in [0.5, 0.6) is 5.75 Å². The van der Waals surface area contributed by atoms with Crippen molar-refractivity contribution in [3.8, 4) is 5.75 Å². The summed E-state index contributed by atoms with van der Waals surface area (Å²) >= 11 is 1.47. The first kappa shape index (κ1) is 16.8. The highest BCUT2D eigenvalue weighted by Crippen LogP contribution is 2.36. The van der Waals surface area contributed by atoms with Crippen LogP contribution < -0.4 is 9.46 Å². The predicted octanol–water partition coefficient (Wildman–Crippen LogP) is 5.01. The molecule has 1 heterocycles. The van der Waals surface area contributed by atoms with Crippen molar-refractivity contribution in [2.45, 2.75) is 26.0 Å². The Bertz CT molecular complexity index is 810. The summed E-state index contributed by atoms with van der Waals surface area (Å²) in [6, 6.07) is 9.12. The Morgan fingerprint density at radius 2 is 1.92 bits per heavy atom. The normalized spacial score (nSPS) is 19.3. The second-order valence-electron chi connectivity index (χ2n) is 5.73. The van der Waals surface area contributed by atoms with Gasteiger partial charge in [0, 0.05) is 41.6 Å². The molecule has 3 nitrogen and oxygen atoms in total. The molecule has 6 heteroatoms. The summed E-state index contributed by atoms with van der Waals surface area (Å²) in [5.74, 6) is -0.611. The molecular formula is C18H18F2N2OS. The molecule has 0 amide bonds. The molecule has 0 fully saturated rings. The van der Waals surface area contributed by atoms with Crippen LogP contribution in [0.15, 0.2) is 41.4 Å². The van der Waals surface area contributed by atoms with E-state index in [4.69, 9.17) is 4.74 Å². The number of benzene rings is 2. The van der Waals surface area contributed by atoms with E-state index in [9.17, 15) is 8.78 Å². The van der Waals surface area contributed by atoms with Gasteiger partial charge in [-0.15, -0.1) is 0 Å². The maximum atomic E-state index is 14.3. The Balaban J connectivity index is 2.16. The first-order valence-corrected chi connectivity index (χ1v) is 8.86. The van der Waals surface area contributed by atoms with E-state index in [1.807, 2.05) is 38.3 Å². The Morgan fingerprint density at radius 3 is 2.58 bits per heavy atom. The summed E-state index contributed by atoms with van der Waals surface area (Å²) in [5.41, 5.74) is 1.54. The van der Waals surface area contributed by atoms with Gasteiger partial charge in [-0.05, 0) is 31.2 Å². The van der Waals surface area contributed by atoms with Gasteiger partial charge in [0.25, 0.3) is 0 Å². The fourth-order valence-corrected chi connectivity index (χ4v) is 2.94. The number of nitrogens with zero attached hydrogens (tertiary/aromatic N) is 1. The van der Waals surface area contributed by atoms with Crippen LogP contribution in [0, 0.1) is 11.6 Å². The zero-order valence-electron chi connectivity index (χ0n) is 13.7. The van der Waals surface area contributed by atoms with Crippen molar-refractivity contribution in [2.24, 2.45) is 4.99 Å². The van der Waals surface area contributed by atoms with Crippen LogP contribution in [0.4, 0.5) is 14.5 Å². The molecule has 0 aromatic heterocycles. The molecular weight excluding hydrogens is 330 g/mol. The van der Waals surface area contributed by atoms with E-state index in [1.165, 1.54) is 24.1 Å². The molecule has 0 saturated carbocycles. The molecule has 0 bridgehead atoms. The lowest BCUT2D eigenvalue weighted by molar-refractivity contribution is 0.0903. The number of aliphatic imine (C=N–C) groups is 1. The van der Waals surface area contributed by atoms with Gasteiger partial charge in [0.2, 0.25) is 0 Å². The molecule has 1 unspecified atom stereocenters. The average molecular weight is 348 g/mol. The van der Waals surface area contributed by atoms with Crippen LogP contribution in [0.2, 0.25) is 0 Å². The van der Waals surface area contributed by atoms with Gasteiger partial charge in [0.05, 0.1) is 5.71 Å². The van der Waals surface area contributed by atoms with E-state index in [2.05, 4.69) is 9.71 Å². The summed E-state index contributed by atoms with van der Waals surface area (Å²) in [4.78, 5) is 4.62. The smallest absolute Gasteiger partial charge is 0.197 e. The Hall–Kier alpha value is -2.08. The van der Waals surface area contributed by atoms with E-state index in [0.29, 0.717) is 23.4 Å². The molecule has 2 aromatic rings. The lowest BCUT2D eigenvalue weighted by Gasteiger charge is -2.32. The molecule has 0 spiro atoms. The van der Waals surface area contributed by atoms with Crippen LogP contribution in [-0.2, 0) is 0 Å². The Labute approximate surface area is 144 Å². The van der Waals surface area contributed by atoms with Crippen molar-refractivity contribution in [3.05, 3.63) is 59.2 Å². The van der Waals surface area contributed by atoms with Crippen molar-refractivity contribution >= 4 is 23.3 Å². The van der Waals surface area contributed by atoms with Gasteiger partial charge in [-0.1, -0.05) is 18.9 Å². The van der Waals surface area contributed by atoms with Gasteiger partial charge in [-0.25, -0.2) is 13.8 Å². The topological polar surface area (TPSA) is 33.6 Å². The molecule has 126 valence electrons. The number of hydrogen-bond acceptors (Lipinski definition) is 4.